The van der Waals surface area contributed by atoms with Gasteiger partial charge in [-0.25, -0.2) is 0 Å². The van der Waals surface area contributed by atoms with E-state index in [0.717, 1.165) is 36.4 Å². The lowest BCUT2D eigenvalue weighted by molar-refractivity contribution is 0.0968. The monoisotopic (exact) mass is 285 g/mol. The Morgan fingerprint density at radius 2 is 2.19 bits per heavy atom. The Bertz CT molecular complexity index is 336. The van der Waals surface area contributed by atoms with E-state index in [0.29, 0.717) is 6.42 Å². The van der Waals surface area contributed by atoms with Crippen LogP contribution < -0.4 is 0 Å². The van der Waals surface area contributed by atoms with E-state index >= 15 is 0 Å². The molecule has 1 aliphatic heterocycles. The lowest BCUT2D eigenvalue weighted by atomic mass is 9.92. The van der Waals surface area contributed by atoms with Gasteiger partial charge in [-0.2, -0.15) is 0 Å². The molecule has 0 N–H and O–H groups in total. The molecule has 1 heterocycles. The van der Waals surface area contributed by atoms with Gasteiger partial charge < -0.3 is 4.90 Å². The molecule has 0 aromatic heterocycles. The Morgan fingerprint density at radius 3 is 2.88 bits per heavy atom. The minimum Gasteiger partial charge on any atom is -0.303 e. The summed E-state index contributed by atoms with van der Waals surface area (Å²) in [6.45, 7) is 3.00. The Hall–Kier alpha value is -0.410. The summed E-state index contributed by atoms with van der Waals surface area (Å²) in [4.78, 5) is 2.34. The van der Waals surface area contributed by atoms with Crippen LogP contribution in [0.4, 0.5) is 4.39 Å². The van der Waals surface area contributed by atoms with Crippen LogP contribution in [-0.4, -0.2) is 31.2 Å². The number of benzene rings is 1. The normalized spacial score (nSPS) is 17.4. The molecule has 3 heteroatoms. The van der Waals surface area contributed by atoms with E-state index in [2.05, 4.69) is 45.1 Å². The van der Waals surface area contributed by atoms with E-state index in [1.54, 1.807) is 0 Å². The van der Waals surface area contributed by atoms with Crippen molar-refractivity contribution in [2.45, 2.75) is 12.8 Å². The van der Waals surface area contributed by atoms with Crippen molar-refractivity contribution in [3.8, 4) is 0 Å². The third kappa shape index (κ3) is 3.29. The summed E-state index contributed by atoms with van der Waals surface area (Å²) >= 11 is 3.49. The van der Waals surface area contributed by atoms with Gasteiger partial charge in [0.2, 0.25) is 0 Å². The smallest absolute Gasteiger partial charge is 0.0906 e. The summed E-state index contributed by atoms with van der Waals surface area (Å²) < 4.78 is 13.1. The van der Waals surface area contributed by atoms with Crippen LogP contribution in [0, 0.1) is 5.92 Å². The minimum atomic E-state index is -0.188. The van der Waals surface area contributed by atoms with Crippen molar-refractivity contribution in [2.75, 3.05) is 26.3 Å². The van der Waals surface area contributed by atoms with Gasteiger partial charge in [0.25, 0.3) is 0 Å². The van der Waals surface area contributed by atoms with Gasteiger partial charge in [0.15, 0.2) is 0 Å². The summed E-state index contributed by atoms with van der Waals surface area (Å²) in [5, 5.41) is 0. The molecule has 0 spiro atoms. The van der Waals surface area contributed by atoms with Gasteiger partial charge in [-0.05, 0) is 36.5 Å². The summed E-state index contributed by atoms with van der Waals surface area (Å²) in [6.07, 6.45) is 1.83. The molecule has 16 heavy (non-hydrogen) atoms. The molecule has 1 aromatic carbocycles. The molecule has 0 atom stereocenters. The van der Waals surface area contributed by atoms with Gasteiger partial charge in [-0.3, -0.25) is 4.39 Å². The second-order valence-electron chi connectivity index (χ2n) is 4.50. The van der Waals surface area contributed by atoms with E-state index in [-0.39, 0.29) is 6.67 Å². The second kappa shape index (κ2) is 5.78. The van der Waals surface area contributed by atoms with Crippen molar-refractivity contribution in [1.82, 2.24) is 4.90 Å². The Balaban J connectivity index is 1.73. The molecule has 0 amide bonds. The quantitative estimate of drug-likeness (QED) is 0.803. The third-order valence-corrected chi connectivity index (χ3v) is 3.55. The maximum atomic E-state index is 12.0. The molecular weight excluding hydrogens is 269 g/mol. The molecule has 88 valence electrons. The maximum Gasteiger partial charge on any atom is 0.0906 e. The zero-order valence-electron chi connectivity index (χ0n) is 9.33. The fraction of sp³-hybridized carbons (Fsp3) is 0.538. The molecule has 1 aliphatic rings. The minimum absolute atomic E-state index is 0.188. The van der Waals surface area contributed by atoms with Crippen molar-refractivity contribution in [3.05, 3.63) is 34.3 Å². The zero-order valence-corrected chi connectivity index (χ0v) is 10.9. The number of halogens is 2. The first-order chi connectivity index (χ1) is 7.78. The average molecular weight is 286 g/mol. The van der Waals surface area contributed by atoms with Crippen LogP contribution in [0.15, 0.2) is 28.7 Å². The summed E-state index contributed by atoms with van der Waals surface area (Å²) in [5.41, 5.74) is 1.39. The molecule has 0 unspecified atom stereocenters. The Labute approximate surface area is 105 Å². The molecule has 2 rings (SSSR count). The fourth-order valence-corrected chi connectivity index (χ4v) is 2.72. The van der Waals surface area contributed by atoms with Gasteiger partial charge in [-0.1, -0.05) is 28.1 Å². The SMILES string of the molecule is FCCCN1CC(Cc2cccc(Br)c2)C1. The largest absolute Gasteiger partial charge is 0.303 e. The Morgan fingerprint density at radius 1 is 1.38 bits per heavy atom. The van der Waals surface area contributed by atoms with Crippen molar-refractivity contribution in [2.24, 2.45) is 5.92 Å². The van der Waals surface area contributed by atoms with Crippen molar-refractivity contribution >= 4 is 15.9 Å². The van der Waals surface area contributed by atoms with Crippen molar-refractivity contribution < 1.29 is 4.39 Å². The highest BCUT2D eigenvalue weighted by molar-refractivity contribution is 9.10. The second-order valence-corrected chi connectivity index (χ2v) is 5.42. The van der Waals surface area contributed by atoms with Gasteiger partial charge in [-0.15, -0.1) is 0 Å². The standard InChI is InChI=1S/C13H17BrFN/c14-13-4-1-3-11(8-13)7-12-9-16(10-12)6-2-5-15/h1,3-4,8,12H,2,5-7,9-10H2. The molecule has 1 nitrogen and oxygen atoms in total. The summed E-state index contributed by atoms with van der Waals surface area (Å²) in [7, 11) is 0. The first kappa shape index (κ1) is 12.1. The van der Waals surface area contributed by atoms with Crippen LogP contribution in [-0.2, 0) is 6.42 Å². The van der Waals surface area contributed by atoms with Crippen LogP contribution in [0.2, 0.25) is 0 Å². The van der Waals surface area contributed by atoms with Crippen LogP contribution in [0.3, 0.4) is 0 Å². The lowest BCUT2D eigenvalue weighted by Crippen LogP contribution is -2.47. The number of hydrogen-bond donors (Lipinski definition) is 0. The van der Waals surface area contributed by atoms with Crippen molar-refractivity contribution in [1.29, 1.82) is 0 Å². The molecule has 0 aliphatic carbocycles. The molecule has 1 fully saturated rings. The molecule has 0 bridgehead atoms. The van der Waals surface area contributed by atoms with Crippen LogP contribution in [0.25, 0.3) is 0 Å². The topological polar surface area (TPSA) is 3.24 Å². The maximum absolute atomic E-state index is 12.0. The number of alkyl halides is 1. The first-order valence-electron chi connectivity index (χ1n) is 5.80. The van der Waals surface area contributed by atoms with Crippen LogP contribution in [0.1, 0.15) is 12.0 Å². The molecule has 1 saturated heterocycles. The molecule has 0 saturated carbocycles. The Kier molecular flexibility index (Phi) is 4.36. The molecular formula is C13H17BrFN. The summed E-state index contributed by atoms with van der Waals surface area (Å²) in [5.74, 6) is 0.758. The van der Waals surface area contributed by atoms with Crippen molar-refractivity contribution in [3.63, 3.8) is 0 Å². The predicted molar refractivity (Wildman–Crippen MR) is 68.4 cm³/mol. The lowest BCUT2D eigenvalue weighted by Gasteiger charge is -2.39. The van der Waals surface area contributed by atoms with Crippen LogP contribution >= 0.6 is 15.9 Å². The van der Waals surface area contributed by atoms with Crippen LogP contribution in [0.5, 0.6) is 0 Å². The molecule has 0 radical (unpaired) electrons. The molecule has 1 aromatic rings. The van der Waals surface area contributed by atoms with Gasteiger partial charge in [0, 0.05) is 24.1 Å². The van der Waals surface area contributed by atoms with E-state index in [9.17, 15) is 4.39 Å². The first-order valence-corrected chi connectivity index (χ1v) is 6.60. The van der Waals surface area contributed by atoms with E-state index in [1.165, 1.54) is 5.56 Å². The van der Waals surface area contributed by atoms with Gasteiger partial charge in [0.05, 0.1) is 6.67 Å². The highest BCUT2D eigenvalue weighted by Crippen LogP contribution is 2.22. The zero-order chi connectivity index (χ0) is 11.4. The highest BCUT2D eigenvalue weighted by atomic mass is 79.9. The fourth-order valence-electron chi connectivity index (χ4n) is 2.27. The number of nitrogens with zero attached hydrogens (tertiary/aromatic N) is 1. The number of rotatable bonds is 5. The average Bonchev–Trinajstić information content (AvgIpc) is 2.21. The van der Waals surface area contributed by atoms with E-state index in [4.69, 9.17) is 0 Å². The summed E-state index contributed by atoms with van der Waals surface area (Å²) in [6, 6.07) is 8.50. The van der Waals surface area contributed by atoms with E-state index in [1.807, 2.05) is 0 Å². The number of likely N-dealkylation sites (tertiary alicyclic amines) is 1. The number of hydrogen-bond acceptors (Lipinski definition) is 1. The van der Waals surface area contributed by atoms with Gasteiger partial charge >= 0.3 is 0 Å². The van der Waals surface area contributed by atoms with Gasteiger partial charge in [0.1, 0.15) is 0 Å². The third-order valence-electron chi connectivity index (χ3n) is 3.05. The van der Waals surface area contributed by atoms with E-state index < -0.39 is 0 Å². The highest BCUT2D eigenvalue weighted by Gasteiger charge is 2.25. The predicted octanol–water partition coefficient (Wildman–Crippen LogP) is 3.28.